The number of benzene rings is 1. The summed E-state index contributed by atoms with van der Waals surface area (Å²) in [5, 5.41) is 7.13. The fourth-order valence-electron chi connectivity index (χ4n) is 3.69. The molecule has 0 saturated carbocycles. The second-order valence-electron chi connectivity index (χ2n) is 7.43. The van der Waals surface area contributed by atoms with Crippen molar-refractivity contribution in [2.75, 3.05) is 13.1 Å². The zero-order valence-electron chi connectivity index (χ0n) is 16.1. The first-order valence-electron chi connectivity index (χ1n) is 9.61. The van der Waals surface area contributed by atoms with Crippen LogP contribution in [0.1, 0.15) is 11.1 Å². The summed E-state index contributed by atoms with van der Waals surface area (Å²) in [5.74, 6) is -0.0550. The Hall–Kier alpha value is -3.48. The molecule has 0 spiro atoms. The number of hydrogen-bond acceptors (Lipinski definition) is 4. The van der Waals surface area contributed by atoms with Gasteiger partial charge in [-0.25, -0.2) is 0 Å². The smallest absolute Gasteiger partial charge is 0.244 e. The molecule has 1 aromatic carbocycles. The minimum absolute atomic E-state index is 0.0266. The maximum atomic E-state index is 13.1. The van der Waals surface area contributed by atoms with E-state index in [-0.39, 0.29) is 18.4 Å². The summed E-state index contributed by atoms with van der Waals surface area (Å²) in [7, 11) is 0. The Balaban J connectivity index is 1.44. The molecule has 29 heavy (non-hydrogen) atoms. The lowest BCUT2D eigenvalue weighted by atomic mass is 9.73. The zero-order valence-corrected chi connectivity index (χ0v) is 16.1. The van der Waals surface area contributed by atoms with Crippen LogP contribution in [-0.2, 0) is 29.1 Å². The van der Waals surface area contributed by atoms with Crippen molar-refractivity contribution >= 4 is 11.8 Å². The topological polar surface area (TPSA) is 80.1 Å². The summed E-state index contributed by atoms with van der Waals surface area (Å²) in [4.78, 5) is 31.4. The Bertz CT molecular complexity index is 951. The summed E-state index contributed by atoms with van der Waals surface area (Å²) in [6.45, 7) is 1.44. The second-order valence-corrected chi connectivity index (χ2v) is 7.43. The molecule has 1 N–H and O–H groups in total. The number of aromatic nitrogens is 3. The maximum absolute atomic E-state index is 13.1. The highest BCUT2D eigenvalue weighted by molar-refractivity contribution is 5.88. The third-order valence-electron chi connectivity index (χ3n) is 5.27. The number of nitrogens with one attached hydrogen (secondary N) is 1. The van der Waals surface area contributed by atoms with Gasteiger partial charge in [0.15, 0.2) is 0 Å². The molecule has 1 fully saturated rings. The Morgan fingerprint density at radius 3 is 2.41 bits per heavy atom. The molecule has 1 aliphatic heterocycles. The van der Waals surface area contributed by atoms with E-state index >= 15 is 0 Å². The third kappa shape index (κ3) is 4.34. The van der Waals surface area contributed by atoms with Crippen LogP contribution in [0.3, 0.4) is 0 Å². The molecular weight excluding hydrogens is 366 g/mol. The van der Waals surface area contributed by atoms with Crippen molar-refractivity contribution in [3.63, 3.8) is 0 Å². The zero-order chi connectivity index (χ0) is 20.1. The van der Waals surface area contributed by atoms with Crippen molar-refractivity contribution in [2.45, 2.75) is 19.5 Å². The average molecular weight is 389 g/mol. The van der Waals surface area contributed by atoms with Gasteiger partial charge in [0, 0.05) is 44.4 Å². The highest BCUT2D eigenvalue weighted by atomic mass is 16.2. The van der Waals surface area contributed by atoms with Crippen molar-refractivity contribution in [1.82, 2.24) is 25.0 Å². The molecule has 4 rings (SSSR count). The molecule has 2 aromatic heterocycles. The minimum Gasteiger partial charge on any atom is -0.351 e. The van der Waals surface area contributed by atoms with Crippen molar-refractivity contribution in [3.8, 4) is 0 Å². The van der Waals surface area contributed by atoms with Crippen LogP contribution < -0.4 is 5.32 Å². The standard InChI is InChI=1S/C22H23N5O2/c28-20(15-27-12-4-9-25-27)26-16-22(17-26,13-18-5-2-1-3-6-18)21(29)24-14-19-7-10-23-11-8-19/h1-12H,13-17H2,(H,24,29). The van der Waals surface area contributed by atoms with Gasteiger partial charge in [-0.2, -0.15) is 5.10 Å². The van der Waals surface area contributed by atoms with Crippen LogP contribution in [0.15, 0.2) is 73.3 Å². The summed E-state index contributed by atoms with van der Waals surface area (Å²) in [6, 6.07) is 15.5. The van der Waals surface area contributed by atoms with E-state index in [9.17, 15) is 9.59 Å². The minimum atomic E-state index is -0.617. The number of likely N-dealkylation sites (tertiary alicyclic amines) is 1. The molecule has 1 aliphatic rings. The van der Waals surface area contributed by atoms with E-state index in [1.165, 1.54) is 0 Å². The first kappa shape index (κ1) is 18.9. The largest absolute Gasteiger partial charge is 0.351 e. The van der Waals surface area contributed by atoms with Crippen molar-refractivity contribution in [3.05, 3.63) is 84.4 Å². The van der Waals surface area contributed by atoms with Gasteiger partial charge in [0.05, 0.1) is 5.41 Å². The van der Waals surface area contributed by atoms with Crippen molar-refractivity contribution in [2.24, 2.45) is 5.41 Å². The molecule has 0 aliphatic carbocycles. The molecule has 7 heteroatoms. The number of carbonyl (C=O) groups is 2. The monoisotopic (exact) mass is 389 g/mol. The number of carbonyl (C=O) groups excluding carboxylic acids is 2. The van der Waals surface area contributed by atoms with Crippen LogP contribution in [0, 0.1) is 5.41 Å². The molecule has 0 atom stereocenters. The van der Waals surface area contributed by atoms with Crippen LogP contribution >= 0.6 is 0 Å². The van der Waals surface area contributed by atoms with Crippen LogP contribution in [0.4, 0.5) is 0 Å². The van der Waals surface area contributed by atoms with E-state index in [2.05, 4.69) is 15.4 Å². The van der Waals surface area contributed by atoms with Gasteiger partial charge in [0.25, 0.3) is 0 Å². The van der Waals surface area contributed by atoms with E-state index < -0.39 is 5.41 Å². The van der Waals surface area contributed by atoms with Gasteiger partial charge in [-0.1, -0.05) is 30.3 Å². The van der Waals surface area contributed by atoms with E-state index in [1.54, 1.807) is 40.4 Å². The molecule has 3 heterocycles. The lowest BCUT2D eigenvalue weighted by molar-refractivity contribution is -0.154. The summed E-state index contributed by atoms with van der Waals surface area (Å²) >= 11 is 0. The van der Waals surface area contributed by atoms with Crippen LogP contribution in [0.2, 0.25) is 0 Å². The molecular formula is C22H23N5O2. The lowest BCUT2D eigenvalue weighted by Gasteiger charge is -2.49. The van der Waals surface area contributed by atoms with Gasteiger partial charge in [-0.05, 0) is 35.7 Å². The molecule has 0 unspecified atom stereocenters. The quantitative estimate of drug-likeness (QED) is 0.667. The number of pyridine rings is 1. The molecule has 148 valence electrons. The summed E-state index contributed by atoms with van der Waals surface area (Å²) in [5.41, 5.74) is 1.47. The summed E-state index contributed by atoms with van der Waals surface area (Å²) in [6.07, 6.45) is 7.42. The SMILES string of the molecule is O=C(Cn1cccn1)N1CC(Cc2ccccc2)(C(=O)NCc2ccncc2)C1. The third-order valence-corrected chi connectivity index (χ3v) is 5.27. The van der Waals surface area contributed by atoms with Gasteiger partial charge in [-0.15, -0.1) is 0 Å². The van der Waals surface area contributed by atoms with Crippen LogP contribution in [-0.4, -0.2) is 44.6 Å². The van der Waals surface area contributed by atoms with Gasteiger partial charge in [0.2, 0.25) is 11.8 Å². The fraction of sp³-hybridized carbons (Fsp3) is 0.273. The Kier molecular flexibility index (Phi) is 5.37. The van der Waals surface area contributed by atoms with Gasteiger partial charge in [0.1, 0.15) is 6.54 Å². The van der Waals surface area contributed by atoms with E-state index in [0.29, 0.717) is 26.1 Å². The average Bonchev–Trinajstić information content (AvgIpc) is 3.23. The van der Waals surface area contributed by atoms with Crippen molar-refractivity contribution in [1.29, 1.82) is 0 Å². The molecule has 2 amide bonds. The molecule has 3 aromatic rings. The number of rotatable bonds is 7. The van der Waals surface area contributed by atoms with Crippen LogP contribution in [0.25, 0.3) is 0 Å². The van der Waals surface area contributed by atoms with Crippen molar-refractivity contribution < 1.29 is 9.59 Å². The molecule has 1 saturated heterocycles. The Morgan fingerprint density at radius 1 is 0.966 bits per heavy atom. The summed E-state index contributed by atoms with van der Waals surface area (Å²) < 4.78 is 1.60. The van der Waals surface area contributed by atoms with E-state index in [1.807, 2.05) is 42.5 Å². The van der Waals surface area contributed by atoms with Gasteiger partial charge >= 0.3 is 0 Å². The number of hydrogen-bond donors (Lipinski definition) is 1. The highest BCUT2D eigenvalue weighted by Gasteiger charge is 2.50. The lowest BCUT2D eigenvalue weighted by Crippen LogP contribution is -2.66. The highest BCUT2D eigenvalue weighted by Crippen LogP contribution is 2.35. The molecule has 0 bridgehead atoms. The van der Waals surface area contributed by atoms with Gasteiger partial charge in [-0.3, -0.25) is 19.3 Å². The van der Waals surface area contributed by atoms with Crippen LogP contribution in [0.5, 0.6) is 0 Å². The first-order chi connectivity index (χ1) is 14.1. The van der Waals surface area contributed by atoms with E-state index in [0.717, 1.165) is 11.1 Å². The van der Waals surface area contributed by atoms with E-state index in [4.69, 9.17) is 0 Å². The second kappa shape index (κ2) is 8.26. The Morgan fingerprint density at radius 2 is 1.72 bits per heavy atom. The fourth-order valence-corrected chi connectivity index (χ4v) is 3.69. The normalized spacial score (nSPS) is 14.8. The predicted octanol–water partition coefficient (Wildman–Crippen LogP) is 1.67. The Labute approximate surface area is 169 Å². The molecule has 7 nitrogen and oxygen atoms in total. The predicted molar refractivity (Wildman–Crippen MR) is 107 cm³/mol. The maximum Gasteiger partial charge on any atom is 0.244 e. The number of amides is 2. The first-order valence-corrected chi connectivity index (χ1v) is 9.61. The molecule has 0 radical (unpaired) electrons. The number of nitrogens with zero attached hydrogens (tertiary/aromatic N) is 4. The van der Waals surface area contributed by atoms with Gasteiger partial charge < -0.3 is 10.2 Å².